The van der Waals surface area contributed by atoms with E-state index in [2.05, 4.69) is 52.0 Å². The number of nitrogens with zero attached hydrogens (tertiary/aromatic N) is 3. The maximum Gasteiger partial charge on any atom is 0.216 e. The molecule has 4 nitrogen and oxygen atoms in total. The summed E-state index contributed by atoms with van der Waals surface area (Å²) in [5.41, 5.74) is 10.6. The van der Waals surface area contributed by atoms with E-state index in [1.54, 1.807) is 11.3 Å². The summed E-state index contributed by atoms with van der Waals surface area (Å²) in [6.45, 7) is 4.85. The molecule has 0 atom stereocenters. The lowest BCUT2D eigenvalue weighted by molar-refractivity contribution is 0.851. The Morgan fingerprint density at radius 1 is 1.21 bits per heavy atom. The molecule has 0 aliphatic carbocycles. The van der Waals surface area contributed by atoms with Gasteiger partial charge in [-0.2, -0.15) is 0 Å². The molecule has 3 aromatic rings. The third-order valence-electron chi connectivity index (χ3n) is 3.39. The molecule has 0 saturated carbocycles. The smallest absolute Gasteiger partial charge is 0.216 e. The van der Waals surface area contributed by atoms with Gasteiger partial charge in [-0.3, -0.25) is 4.40 Å². The highest BCUT2D eigenvalue weighted by molar-refractivity contribution is 7.15. The van der Waals surface area contributed by atoms with Crippen LogP contribution in [-0.4, -0.2) is 21.1 Å². The Kier molecular flexibility index (Phi) is 3.08. The Hall–Kier alpha value is -1.72. The van der Waals surface area contributed by atoms with E-state index in [1.165, 1.54) is 16.7 Å². The Bertz CT molecular complexity index is 726. The zero-order valence-corrected chi connectivity index (χ0v) is 11.9. The van der Waals surface area contributed by atoms with Crippen LogP contribution < -0.4 is 5.73 Å². The maximum atomic E-state index is 5.63. The fourth-order valence-corrected chi connectivity index (χ4v) is 3.02. The minimum absolute atomic E-state index is 0.586. The van der Waals surface area contributed by atoms with Gasteiger partial charge in [-0.25, -0.2) is 0 Å². The molecule has 0 amide bonds. The van der Waals surface area contributed by atoms with Crippen molar-refractivity contribution in [2.45, 2.75) is 20.3 Å². The van der Waals surface area contributed by atoms with Crippen LogP contribution in [0.3, 0.4) is 0 Å². The second kappa shape index (κ2) is 4.75. The van der Waals surface area contributed by atoms with Crippen LogP contribution >= 0.6 is 11.3 Å². The van der Waals surface area contributed by atoms with Crippen molar-refractivity contribution in [1.29, 1.82) is 0 Å². The fraction of sp³-hybridized carbons (Fsp3) is 0.286. The van der Waals surface area contributed by atoms with E-state index in [0.717, 1.165) is 22.9 Å². The normalized spacial score (nSPS) is 11.3. The lowest BCUT2D eigenvalue weighted by atomic mass is 10.0. The van der Waals surface area contributed by atoms with E-state index < -0.39 is 0 Å². The molecule has 0 bridgehead atoms. The maximum absolute atomic E-state index is 5.63. The van der Waals surface area contributed by atoms with E-state index in [4.69, 9.17) is 5.73 Å². The highest BCUT2D eigenvalue weighted by Gasteiger charge is 2.13. The predicted octanol–water partition coefficient (Wildman–Crippen LogP) is 2.58. The molecule has 0 saturated heterocycles. The summed E-state index contributed by atoms with van der Waals surface area (Å²) in [6, 6.07) is 6.51. The van der Waals surface area contributed by atoms with E-state index in [0.29, 0.717) is 6.54 Å². The molecule has 0 aliphatic rings. The average Bonchev–Trinajstić information content (AvgIpc) is 2.96. The van der Waals surface area contributed by atoms with Gasteiger partial charge in [0, 0.05) is 11.8 Å². The van der Waals surface area contributed by atoms with Crippen molar-refractivity contribution in [3.63, 3.8) is 0 Å². The van der Waals surface area contributed by atoms with Gasteiger partial charge in [0.05, 0.1) is 5.69 Å². The fourth-order valence-electron chi connectivity index (χ4n) is 2.17. The SMILES string of the molecule is Cc1ccc(-c2csc3nnc(CCN)n23)cc1C. The summed E-state index contributed by atoms with van der Waals surface area (Å²) in [7, 11) is 0. The Morgan fingerprint density at radius 3 is 2.79 bits per heavy atom. The summed E-state index contributed by atoms with van der Waals surface area (Å²) < 4.78 is 2.11. The molecule has 19 heavy (non-hydrogen) atoms. The van der Waals surface area contributed by atoms with Crippen molar-refractivity contribution in [3.8, 4) is 11.3 Å². The minimum atomic E-state index is 0.586. The highest BCUT2D eigenvalue weighted by atomic mass is 32.1. The summed E-state index contributed by atoms with van der Waals surface area (Å²) in [5.74, 6) is 0.937. The Balaban J connectivity index is 2.18. The van der Waals surface area contributed by atoms with Crippen LogP contribution in [0, 0.1) is 13.8 Å². The van der Waals surface area contributed by atoms with Gasteiger partial charge in [-0.1, -0.05) is 12.1 Å². The molecular formula is C14H16N4S. The molecule has 2 heterocycles. The largest absolute Gasteiger partial charge is 0.330 e. The monoisotopic (exact) mass is 272 g/mol. The number of rotatable bonds is 3. The first-order valence-corrected chi connectivity index (χ1v) is 7.18. The lowest BCUT2D eigenvalue weighted by Gasteiger charge is -2.05. The van der Waals surface area contributed by atoms with Crippen molar-refractivity contribution in [2.75, 3.05) is 6.54 Å². The molecule has 98 valence electrons. The van der Waals surface area contributed by atoms with Gasteiger partial charge in [0.2, 0.25) is 4.96 Å². The number of hydrogen-bond acceptors (Lipinski definition) is 4. The topological polar surface area (TPSA) is 56.2 Å². The third kappa shape index (κ3) is 2.05. The van der Waals surface area contributed by atoms with Gasteiger partial charge in [0.15, 0.2) is 0 Å². The van der Waals surface area contributed by atoms with Crippen LogP contribution in [0.1, 0.15) is 17.0 Å². The Morgan fingerprint density at radius 2 is 2.05 bits per heavy atom. The van der Waals surface area contributed by atoms with Crippen molar-refractivity contribution >= 4 is 16.3 Å². The number of fused-ring (bicyclic) bond motifs is 1. The molecule has 0 radical (unpaired) electrons. The first-order chi connectivity index (χ1) is 9.20. The third-order valence-corrected chi connectivity index (χ3v) is 4.20. The van der Waals surface area contributed by atoms with Crippen molar-refractivity contribution < 1.29 is 0 Å². The number of aryl methyl sites for hydroxylation is 2. The summed E-state index contributed by atoms with van der Waals surface area (Å²) in [6.07, 6.45) is 0.746. The zero-order valence-electron chi connectivity index (χ0n) is 11.1. The predicted molar refractivity (Wildman–Crippen MR) is 78.5 cm³/mol. The molecule has 0 unspecified atom stereocenters. The number of aromatic nitrogens is 3. The second-order valence-corrected chi connectivity index (χ2v) is 5.53. The van der Waals surface area contributed by atoms with E-state index >= 15 is 0 Å². The van der Waals surface area contributed by atoms with E-state index in [1.807, 2.05) is 0 Å². The number of thiazole rings is 1. The van der Waals surface area contributed by atoms with Gasteiger partial charge in [-0.05, 0) is 43.1 Å². The number of hydrogen-bond donors (Lipinski definition) is 1. The quantitative estimate of drug-likeness (QED) is 0.797. The summed E-state index contributed by atoms with van der Waals surface area (Å²) >= 11 is 1.61. The number of benzene rings is 1. The van der Waals surface area contributed by atoms with Crippen molar-refractivity contribution in [2.24, 2.45) is 5.73 Å². The minimum Gasteiger partial charge on any atom is -0.330 e. The van der Waals surface area contributed by atoms with Crippen LogP contribution in [0.15, 0.2) is 23.6 Å². The summed E-state index contributed by atoms with van der Waals surface area (Å²) in [4.78, 5) is 0.927. The van der Waals surface area contributed by atoms with Crippen LogP contribution in [-0.2, 0) is 6.42 Å². The zero-order chi connectivity index (χ0) is 13.4. The van der Waals surface area contributed by atoms with Crippen LogP contribution in [0.4, 0.5) is 0 Å². The lowest BCUT2D eigenvalue weighted by Crippen LogP contribution is -2.06. The molecule has 1 aromatic carbocycles. The second-order valence-electron chi connectivity index (χ2n) is 4.69. The van der Waals surface area contributed by atoms with Gasteiger partial charge in [-0.15, -0.1) is 21.5 Å². The molecule has 5 heteroatoms. The van der Waals surface area contributed by atoms with Gasteiger partial charge < -0.3 is 5.73 Å². The van der Waals surface area contributed by atoms with Crippen LogP contribution in [0.25, 0.3) is 16.2 Å². The molecule has 2 N–H and O–H groups in total. The van der Waals surface area contributed by atoms with Crippen molar-refractivity contribution in [3.05, 3.63) is 40.5 Å². The van der Waals surface area contributed by atoms with Gasteiger partial charge >= 0.3 is 0 Å². The first-order valence-electron chi connectivity index (χ1n) is 6.30. The summed E-state index contributed by atoms with van der Waals surface area (Å²) in [5, 5.41) is 10.5. The molecule has 3 rings (SSSR count). The standard InChI is InChI=1S/C14H16N4S/c1-9-3-4-11(7-10(9)2)12-8-19-14-17-16-13(5-6-15)18(12)14/h3-4,7-8H,5-6,15H2,1-2H3. The molecular weight excluding hydrogens is 256 g/mol. The van der Waals surface area contributed by atoms with Gasteiger partial charge in [0.25, 0.3) is 0 Å². The van der Waals surface area contributed by atoms with Crippen LogP contribution in [0.5, 0.6) is 0 Å². The first kappa shape index (κ1) is 12.3. The van der Waals surface area contributed by atoms with Gasteiger partial charge in [0.1, 0.15) is 5.82 Å². The average molecular weight is 272 g/mol. The van der Waals surface area contributed by atoms with Crippen LogP contribution in [0.2, 0.25) is 0 Å². The molecule has 0 aliphatic heterocycles. The van der Waals surface area contributed by atoms with E-state index in [9.17, 15) is 0 Å². The molecule has 0 spiro atoms. The molecule has 0 fully saturated rings. The highest BCUT2D eigenvalue weighted by Crippen LogP contribution is 2.27. The Labute approximate surface area is 115 Å². The number of nitrogens with two attached hydrogens (primary N) is 1. The van der Waals surface area contributed by atoms with E-state index in [-0.39, 0.29) is 0 Å². The van der Waals surface area contributed by atoms with Crippen molar-refractivity contribution in [1.82, 2.24) is 14.6 Å². The molecule has 2 aromatic heterocycles.